The van der Waals surface area contributed by atoms with Gasteiger partial charge < -0.3 is 9.80 Å². The van der Waals surface area contributed by atoms with Crippen LogP contribution in [-0.2, 0) is 9.59 Å². The van der Waals surface area contributed by atoms with Crippen molar-refractivity contribution in [2.24, 2.45) is 11.8 Å². The zero-order chi connectivity index (χ0) is 47.8. The minimum absolute atomic E-state index is 0.0200. The van der Waals surface area contributed by atoms with Crippen LogP contribution in [0.15, 0.2) is 96.1 Å². The lowest BCUT2D eigenvalue weighted by Gasteiger charge is -2.29. The van der Waals surface area contributed by atoms with Gasteiger partial charge in [0.2, 0.25) is 0 Å². The third-order valence-corrected chi connectivity index (χ3v) is 15.8. The number of fused-ring (bicyclic) bond motifs is 1. The van der Waals surface area contributed by atoms with Gasteiger partial charge in [0.15, 0.2) is 0 Å². The van der Waals surface area contributed by atoms with Crippen molar-refractivity contribution in [1.29, 1.82) is 0 Å². The lowest BCUT2D eigenvalue weighted by atomic mass is 9.93. The summed E-state index contributed by atoms with van der Waals surface area (Å²) < 4.78 is 0. The zero-order valence-electron chi connectivity index (χ0n) is 42.1. The third kappa shape index (κ3) is 15.7. The second kappa shape index (κ2) is 29.4. The highest BCUT2D eigenvalue weighted by atomic mass is 32.1. The number of benzene rings is 2. The topological polar surface area (TPSA) is 40.6 Å². The molecular weight excluding hydrogens is 869 g/mol. The number of amides is 2. The van der Waals surface area contributed by atoms with Gasteiger partial charge >= 0.3 is 0 Å². The first-order chi connectivity index (χ1) is 33.4. The van der Waals surface area contributed by atoms with E-state index < -0.39 is 0 Å². The summed E-state index contributed by atoms with van der Waals surface area (Å²) in [4.78, 5) is 39.2. The molecule has 362 valence electrons. The quantitative estimate of drug-likeness (QED) is 0.0386. The molecule has 0 spiro atoms. The van der Waals surface area contributed by atoms with Crippen LogP contribution in [0.1, 0.15) is 212 Å². The van der Waals surface area contributed by atoms with Crippen LogP contribution >= 0.6 is 22.7 Å². The molecule has 4 heterocycles. The van der Waals surface area contributed by atoms with E-state index in [0.717, 1.165) is 67.7 Å². The van der Waals surface area contributed by atoms with Crippen LogP contribution < -0.4 is 0 Å². The summed E-state index contributed by atoms with van der Waals surface area (Å²) in [5, 5.41) is 0. The van der Waals surface area contributed by atoms with Crippen molar-refractivity contribution in [3.8, 4) is 23.7 Å². The number of carbonyl (C=O) groups is 2. The Kier molecular flexibility index (Phi) is 22.8. The maximum atomic E-state index is 15.7. The SMILES string of the molecule is CCCCCCCCC(CCCCCC)CN1C(=O)C2=C(c3ccc(C#Cc4ccccc4)s3)N(CC(CCCCCC)CCCCCCCC)C(=O)C2=C1c1ccc(C#Cc2ccccc2)s1. The first kappa shape index (κ1) is 52.7. The summed E-state index contributed by atoms with van der Waals surface area (Å²) in [6.07, 6.45) is 29.1. The van der Waals surface area contributed by atoms with Crippen LogP contribution in [0.4, 0.5) is 0 Å². The Morgan fingerprint density at radius 2 is 0.721 bits per heavy atom. The van der Waals surface area contributed by atoms with Crippen LogP contribution in [0.3, 0.4) is 0 Å². The number of unbranched alkanes of at least 4 members (excludes halogenated alkanes) is 16. The minimum atomic E-state index is -0.0200. The van der Waals surface area contributed by atoms with E-state index in [0.29, 0.717) is 36.1 Å². The molecule has 6 heteroatoms. The van der Waals surface area contributed by atoms with Crippen molar-refractivity contribution in [3.05, 3.63) is 127 Å². The summed E-state index contributed by atoms with van der Waals surface area (Å²) in [6, 6.07) is 28.6. The highest BCUT2D eigenvalue weighted by Gasteiger charge is 2.50. The molecule has 4 nitrogen and oxygen atoms in total. The molecule has 2 atom stereocenters. The van der Waals surface area contributed by atoms with Crippen LogP contribution in [0, 0.1) is 35.5 Å². The molecule has 6 rings (SSSR count). The molecule has 0 bridgehead atoms. The fourth-order valence-electron chi connectivity index (χ4n) is 9.95. The molecule has 0 radical (unpaired) electrons. The largest absolute Gasteiger partial charge is 0.306 e. The second-order valence-electron chi connectivity index (χ2n) is 19.4. The van der Waals surface area contributed by atoms with E-state index in [4.69, 9.17) is 0 Å². The van der Waals surface area contributed by atoms with E-state index in [1.54, 1.807) is 22.7 Å². The maximum Gasteiger partial charge on any atom is 0.261 e. The highest BCUT2D eigenvalue weighted by Crippen LogP contribution is 2.49. The predicted molar refractivity (Wildman–Crippen MR) is 291 cm³/mol. The van der Waals surface area contributed by atoms with Gasteiger partial charge in [0.1, 0.15) is 0 Å². The van der Waals surface area contributed by atoms with Gasteiger partial charge in [-0.15, -0.1) is 22.7 Å². The van der Waals surface area contributed by atoms with E-state index in [1.807, 2.05) is 70.5 Å². The average Bonchev–Trinajstić information content (AvgIpc) is 4.15. The van der Waals surface area contributed by atoms with Gasteiger partial charge in [0.05, 0.1) is 42.0 Å². The Morgan fingerprint density at radius 3 is 1.07 bits per heavy atom. The Hall–Kier alpha value is -4.62. The zero-order valence-corrected chi connectivity index (χ0v) is 43.8. The van der Waals surface area contributed by atoms with Gasteiger partial charge in [-0.2, -0.15) is 0 Å². The fraction of sp³-hybridized carbons (Fsp3) is 0.516. The Morgan fingerprint density at radius 1 is 0.397 bits per heavy atom. The van der Waals surface area contributed by atoms with Gasteiger partial charge in [0.25, 0.3) is 11.8 Å². The second-order valence-corrected chi connectivity index (χ2v) is 21.5. The number of hydrogen-bond donors (Lipinski definition) is 0. The number of thiophene rings is 2. The Labute approximate surface area is 420 Å². The number of carbonyl (C=O) groups excluding carboxylic acids is 2. The van der Waals surface area contributed by atoms with Crippen LogP contribution in [0.5, 0.6) is 0 Å². The van der Waals surface area contributed by atoms with Gasteiger partial charge in [-0.1, -0.05) is 216 Å². The highest BCUT2D eigenvalue weighted by molar-refractivity contribution is 7.14. The molecule has 2 aromatic carbocycles. The number of hydrogen-bond acceptors (Lipinski definition) is 4. The Bertz CT molecular complexity index is 2180. The molecule has 0 saturated heterocycles. The first-order valence-electron chi connectivity index (χ1n) is 26.9. The average molecular weight is 949 g/mol. The molecule has 2 aromatic heterocycles. The summed E-state index contributed by atoms with van der Waals surface area (Å²) in [6.45, 7) is 10.4. The molecule has 2 amide bonds. The molecule has 68 heavy (non-hydrogen) atoms. The molecule has 0 saturated carbocycles. The van der Waals surface area contributed by atoms with E-state index in [1.165, 1.54) is 128 Å². The lowest BCUT2D eigenvalue weighted by Crippen LogP contribution is -2.34. The smallest absolute Gasteiger partial charge is 0.261 e. The molecule has 0 fully saturated rings. The van der Waals surface area contributed by atoms with Gasteiger partial charge in [-0.25, -0.2) is 0 Å². The summed E-state index contributed by atoms with van der Waals surface area (Å²) in [5.41, 5.74) is 4.71. The Balaban J connectivity index is 1.43. The van der Waals surface area contributed by atoms with Crippen molar-refractivity contribution in [1.82, 2.24) is 9.80 Å². The first-order valence-corrected chi connectivity index (χ1v) is 28.6. The van der Waals surface area contributed by atoms with Crippen molar-refractivity contribution in [2.75, 3.05) is 13.1 Å². The minimum Gasteiger partial charge on any atom is -0.306 e. The van der Waals surface area contributed by atoms with Gasteiger partial charge in [-0.05, 0) is 86.1 Å². The van der Waals surface area contributed by atoms with Crippen molar-refractivity contribution < 1.29 is 9.59 Å². The van der Waals surface area contributed by atoms with Crippen molar-refractivity contribution >= 4 is 45.9 Å². The molecule has 4 aromatic rings. The standard InChI is InChI=1S/C62H80N2O2S2/c1-5-9-13-17-19-25-37-51(35-23-15-11-7-3)47-63-59(55-45-43-53(67-55)41-39-49-31-27-21-28-32-49)57-58(61(63)65)60(56-46-44-54(68-56)42-40-50-33-29-22-30-34-50)64(62(57)66)48-52(36-24-16-12-8-4)38-26-20-18-14-10-6-2/h21-22,27-34,43-46,51-52H,5-20,23-26,35-38,47-48H2,1-4H3. The van der Waals surface area contributed by atoms with E-state index in [2.05, 4.69) is 75.6 Å². The maximum absolute atomic E-state index is 15.7. The normalized spacial score (nSPS) is 14.4. The molecule has 2 unspecified atom stereocenters. The van der Waals surface area contributed by atoms with Crippen LogP contribution in [0.25, 0.3) is 11.4 Å². The summed E-state index contributed by atoms with van der Waals surface area (Å²) in [7, 11) is 0. The fourth-order valence-corrected chi connectivity index (χ4v) is 11.8. The number of rotatable bonds is 30. The van der Waals surface area contributed by atoms with Gasteiger partial charge in [-0.3, -0.25) is 9.59 Å². The summed E-state index contributed by atoms with van der Waals surface area (Å²) >= 11 is 3.22. The molecule has 2 aliphatic rings. The third-order valence-electron chi connectivity index (χ3n) is 13.8. The van der Waals surface area contributed by atoms with E-state index in [9.17, 15) is 0 Å². The van der Waals surface area contributed by atoms with Crippen molar-refractivity contribution in [3.63, 3.8) is 0 Å². The van der Waals surface area contributed by atoms with Crippen LogP contribution in [0.2, 0.25) is 0 Å². The summed E-state index contributed by atoms with van der Waals surface area (Å²) in [5.74, 6) is 14.2. The number of nitrogens with zero attached hydrogens (tertiary/aromatic N) is 2. The molecule has 0 aliphatic carbocycles. The lowest BCUT2D eigenvalue weighted by molar-refractivity contribution is -0.124. The van der Waals surface area contributed by atoms with E-state index >= 15 is 9.59 Å². The molecular formula is C62H80N2O2S2. The monoisotopic (exact) mass is 949 g/mol. The van der Waals surface area contributed by atoms with Gasteiger partial charge in [0, 0.05) is 24.2 Å². The predicted octanol–water partition coefficient (Wildman–Crippen LogP) is 17.1. The van der Waals surface area contributed by atoms with E-state index in [-0.39, 0.29) is 11.8 Å². The molecule has 0 N–H and O–H groups in total. The molecule has 2 aliphatic heterocycles. The van der Waals surface area contributed by atoms with Crippen molar-refractivity contribution in [2.45, 2.75) is 182 Å². The van der Waals surface area contributed by atoms with Crippen LogP contribution in [-0.4, -0.2) is 34.7 Å².